The minimum absolute atomic E-state index is 0.111. The zero-order chi connectivity index (χ0) is 25.4. The van der Waals surface area contributed by atoms with Gasteiger partial charge in [0.05, 0.1) is 63.7 Å². The standard InChI is InChI=1S/C20H27FN8O5S/c1-12(17-22-9-14(21)10-23-17)13(2)35(31)28-20-27-26-15(5-7-34-8-6-30)29(20)16-18(32-3)24-11-25-19(16)33-4/h9-13,30H,5-8H2,1-4H3,(H,27,28). The summed E-state index contributed by atoms with van der Waals surface area (Å²) in [6.45, 7) is 3.85. The zero-order valence-corrected chi connectivity index (χ0v) is 20.5. The van der Waals surface area contributed by atoms with E-state index in [4.69, 9.17) is 19.3 Å². The maximum atomic E-state index is 13.2. The third kappa shape index (κ3) is 6.30. The van der Waals surface area contributed by atoms with Crippen molar-refractivity contribution in [2.75, 3.05) is 38.8 Å². The van der Waals surface area contributed by atoms with Gasteiger partial charge in [0.2, 0.25) is 11.8 Å². The Bertz CT molecular complexity index is 1070. The van der Waals surface area contributed by atoms with E-state index in [0.29, 0.717) is 23.8 Å². The number of methoxy groups -OCH3 is 2. The first-order valence-electron chi connectivity index (χ1n) is 10.6. The number of halogens is 1. The smallest absolute Gasteiger partial charge is 0.271 e. The van der Waals surface area contributed by atoms with Gasteiger partial charge in [-0.25, -0.2) is 14.4 Å². The minimum atomic E-state index is -1.68. The molecule has 3 heterocycles. The second-order valence-electron chi connectivity index (χ2n) is 7.25. The number of hydrogen-bond acceptors (Lipinski definition) is 12. The molecule has 35 heavy (non-hydrogen) atoms. The first-order chi connectivity index (χ1) is 16.9. The van der Waals surface area contributed by atoms with E-state index in [1.54, 1.807) is 18.4 Å². The van der Waals surface area contributed by atoms with Crippen LogP contribution in [0.25, 0.3) is 5.69 Å². The number of nitrogens with zero attached hydrogens (tertiary/aromatic N) is 7. The van der Waals surface area contributed by atoms with Crippen molar-refractivity contribution in [2.24, 2.45) is 0 Å². The molecule has 15 heteroatoms. The summed E-state index contributed by atoms with van der Waals surface area (Å²) in [5, 5.41) is 16.8. The van der Waals surface area contributed by atoms with E-state index in [-0.39, 0.29) is 43.4 Å². The minimum Gasteiger partial charge on any atom is -0.593 e. The molecule has 0 bridgehead atoms. The van der Waals surface area contributed by atoms with Gasteiger partial charge < -0.3 is 23.9 Å². The highest BCUT2D eigenvalue weighted by molar-refractivity contribution is 7.93. The fourth-order valence-electron chi connectivity index (χ4n) is 3.08. The van der Waals surface area contributed by atoms with Crippen molar-refractivity contribution in [1.82, 2.24) is 34.7 Å². The highest BCUT2D eigenvalue weighted by atomic mass is 32.2. The van der Waals surface area contributed by atoms with E-state index >= 15 is 0 Å². The fourth-order valence-corrected chi connectivity index (χ4v) is 4.07. The zero-order valence-electron chi connectivity index (χ0n) is 19.7. The van der Waals surface area contributed by atoms with Crippen molar-refractivity contribution in [1.29, 1.82) is 0 Å². The van der Waals surface area contributed by atoms with Crippen LogP contribution in [0.4, 0.5) is 10.3 Å². The second-order valence-corrected chi connectivity index (χ2v) is 8.80. The number of anilines is 1. The van der Waals surface area contributed by atoms with Crippen LogP contribution in [0.5, 0.6) is 11.8 Å². The van der Waals surface area contributed by atoms with Crippen LogP contribution in [0.1, 0.15) is 31.4 Å². The molecule has 0 spiro atoms. The highest BCUT2D eigenvalue weighted by Gasteiger charge is 2.31. The van der Waals surface area contributed by atoms with Crippen molar-refractivity contribution < 1.29 is 28.3 Å². The Morgan fingerprint density at radius 1 is 1.09 bits per heavy atom. The number of hydrogen-bond donors (Lipinski definition) is 2. The maximum Gasteiger partial charge on any atom is 0.271 e. The monoisotopic (exact) mass is 510 g/mol. The third-order valence-corrected chi connectivity index (χ3v) is 6.55. The molecule has 0 aromatic carbocycles. The van der Waals surface area contributed by atoms with Gasteiger partial charge in [0, 0.05) is 6.42 Å². The molecule has 0 aliphatic carbocycles. The van der Waals surface area contributed by atoms with E-state index in [1.165, 1.54) is 20.5 Å². The summed E-state index contributed by atoms with van der Waals surface area (Å²) in [4.78, 5) is 16.3. The van der Waals surface area contributed by atoms with Gasteiger partial charge in [0.15, 0.2) is 11.5 Å². The molecule has 3 rings (SSSR count). The predicted molar refractivity (Wildman–Crippen MR) is 123 cm³/mol. The summed E-state index contributed by atoms with van der Waals surface area (Å²) in [7, 11) is 2.88. The maximum absolute atomic E-state index is 13.2. The van der Waals surface area contributed by atoms with Crippen LogP contribution in [0, 0.1) is 5.82 Å². The lowest BCUT2D eigenvalue weighted by Crippen LogP contribution is -2.31. The molecule has 190 valence electrons. The molecule has 0 aliphatic heterocycles. The number of aliphatic hydroxyl groups is 1. The second kappa shape index (κ2) is 12.5. The number of aliphatic hydroxyl groups excluding tert-OH is 1. The van der Waals surface area contributed by atoms with E-state index in [2.05, 4.69) is 34.9 Å². The van der Waals surface area contributed by atoms with Gasteiger partial charge >= 0.3 is 0 Å². The fraction of sp³-hybridized carbons (Fsp3) is 0.500. The lowest BCUT2D eigenvalue weighted by Gasteiger charge is -2.22. The van der Waals surface area contributed by atoms with E-state index in [0.717, 1.165) is 12.4 Å². The van der Waals surface area contributed by atoms with E-state index < -0.39 is 22.4 Å². The van der Waals surface area contributed by atoms with Gasteiger partial charge in [-0.3, -0.25) is 4.57 Å². The topological polar surface area (TPSA) is 165 Å². The number of rotatable bonds is 13. The molecular formula is C20H27FN8O5S. The number of nitrogens with one attached hydrogen (secondary N) is 1. The highest BCUT2D eigenvalue weighted by Crippen LogP contribution is 2.32. The van der Waals surface area contributed by atoms with E-state index in [9.17, 15) is 8.94 Å². The summed E-state index contributed by atoms with van der Waals surface area (Å²) in [6.07, 6.45) is 3.72. The Kier molecular flexibility index (Phi) is 9.47. The molecule has 0 aliphatic rings. The molecule has 0 amide bonds. The van der Waals surface area contributed by atoms with Crippen LogP contribution < -0.4 is 14.2 Å². The summed E-state index contributed by atoms with van der Waals surface area (Å²) in [6, 6.07) is 0. The Morgan fingerprint density at radius 2 is 1.74 bits per heavy atom. The largest absolute Gasteiger partial charge is 0.593 e. The molecule has 3 unspecified atom stereocenters. The normalized spacial score (nSPS) is 13.8. The molecule has 3 aromatic heterocycles. The molecular weight excluding hydrogens is 483 g/mol. The molecule has 3 atom stereocenters. The average molecular weight is 511 g/mol. The lowest BCUT2D eigenvalue weighted by molar-refractivity contribution is 0.0934. The first-order valence-corrected chi connectivity index (χ1v) is 11.8. The van der Waals surface area contributed by atoms with Crippen LogP contribution in [0.2, 0.25) is 0 Å². The van der Waals surface area contributed by atoms with Gasteiger partial charge in [-0.15, -0.1) is 10.2 Å². The van der Waals surface area contributed by atoms with Gasteiger partial charge in [-0.1, -0.05) is 6.92 Å². The third-order valence-electron chi connectivity index (χ3n) is 5.08. The van der Waals surface area contributed by atoms with Crippen molar-refractivity contribution in [2.45, 2.75) is 31.4 Å². The SMILES string of the molecule is COc1ncnc(OC)c1-n1c(CCOCCO)nnc1N[S+]([O-])C(C)C(C)c1ncc(F)cn1. The Hall–Kier alpha value is -3.14. The number of ether oxygens (including phenoxy) is 3. The van der Waals surface area contributed by atoms with Gasteiger partial charge in [-0.05, 0) is 6.92 Å². The summed E-state index contributed by atoms with van der Waals surface area (Å²) < 4.78 is 47.0. The molecule has 13 nitrogen and oxygen atoms in total. The molecule has 3 aromatic rings. The molecule has 0 fully saturated rings. The van der Waals surface area contributed by atoms with Crippen LogP contribution in [0.15, 0.2) is 18.7 Å². The Morgan fingerprint density at radius 3 is 2.34 bits per heavy atom. The van der Waals surface area contributed by atoms with Crippen molar-refractivity contribution in [3.63, 3.8) is 0 Å². The lowest BCUT2D eigenvalue weighted by atomic mass is 10.1. The Labute approximate surface area is 204 Å². The van der Waals surface area contributed by atoms with Crippen LogP contribution >= 0.6 is 0 Å². The van der Waals surface area contributed by atoms with Gasteiger partial charge in [0.25, 0.3) is 5.95 Å². The van der Waals surface area contributed by atoms with Crippen LogP contribution in [-0.2, 0) is 22.5 Å². The van der Waals surface area contributed by atoms with E-state index in [1.807, 2.05) is 0 Å². The van der Waals surface area contributed by atoms with Crippen molar-refractivity contribution in [3.8, 4) is 17.4 Å². The summed E-state index contributed by atoms with van der Waals surface area (Å²) in [5.41, 5.74) is 0.307. The Balaban J connectivity index is 1.93. The van der Waals surface area contributed by atoms with Gasteiger partial charge in [-0.2, -0.15) is 14.7 Å². The van der Waals surface area contributed by atoms with Crippen LogP contribution in [-0.4, -0.2) is 83.6 Å². The molecule has 0 saturated carbocycles. The summed E-state index contributed by atoms with van der Waals surface area (Å²) >= 11 is -1.68. The van der Waals surface area contributed by atoms with Crippen molar-refractivity contribution >= 4 is 17.3 Å². The predicted octanol–water partition coefficient (Wildman–Crippen LogP) is 0.823. The van der Waals surface area contributed by atoms with Crippen molar-refractivity contribution in [3.05, 3.63) is 36.2 Å². The molecule has 0 radical (unpaired) electrons. The first kappa shape index (κ1) is 26.5. The van der Waals surface area contributed by atoms with Gasteiger partial charge in [0.1, 0.15) is 23.2 Å². The molecule has 2 N–H and O–H groups in total. The molecule has 0 saturated heterocycles. The number of aromatic nitrogens is 7. The van der Waals surface area contributed by atoms with Crippen LogP contribution in [0.3, 0.4) is 0 Å². The quantitative estimate of drug-likeness (QED) is 0.246. The summed E-state index contributed by atoms with van der Waals surface area (Å²) in [5.74, 6) is 0.368. The average Bonchev–Trinajstić information content (AvgIpc) is 3.27.